The SMILES string of the molecule is Cc1ccc2cccc(OCc3c(N4CCCC4=O)ccc(-n4cccc4CNC(=O)/C=C/c4ccc(N5CCCC5=O)cc4)c3N3CCCC3=O)c2n1. The topological polar surface area (TPSA) is 117 Å². The predicted molar refractivity (Wildman–Crippen MR) is 209 cm³/mol. The van der Waals surface area contributed by atoms with E-state index in [1.165, 1.54) is 6.08 Å². The quantitative estimate of drug-likeness (QED) is 0.153. The first-order valence-electron chi connectivity index (χ1n) is 18.6. The number of hydrogen-bond donors (Lipinski definition) is 1. The molecule has 0 unspecified atom stereocenters. The van der Waals surface area contributed by atoms with Crippen LogP contribution in [0.5, 0.6) is 5.75 Å². The third-order valence-electron chi connectivity index (χ3n) is 10.4. The van der Waals surface area contributed by atoms with Gasteiger partial charge < -0.3 is 29.3 Å². The molecule has 0 aliphatic carbocycles. The van der Waals surface area contributed by atoms with Crippen LogP contribution in [0.3, 0.4) is 0 Å². The van der Waals surface area contributed by atoms with Crippen molar-refractivity contribution in [3.63, 3.8) is 0 Å². The number of para-hydroxylation sites is 1. The van der Waals surface area contributed by atoms with Crippen LogP contribution in [0.25, 0.3) is 22.7 Å². The van der Waals surface area contributed by atoms with E-state index in [4.69, 9.17) is 9.72 Å². The van der Waals surface area contributed by atoms with E-state index in [-0.39, 0.29) is 36.8 Å². The van der Waals surface area contributed by atoms with Crippen LogP contribution in [0.1, 0.15) is 61.0 Å². The van der Waals surface area contributed by atoms with Crippen LogP contribution < -0.4 is 24.8 Å². The second-order valence-electron chi connectivity index (χ2n) is 14.0. The average Bonchev–Trinajstić information content (AvgIpc) is 4.01. The monoisotopic (exact) mass is 722 g/mol. The molecule has 0 bridgehead atoms. The van der Waals surface area contributed by atoms with Crippen LogP contribution >= 0.6 is 0 Å². The largest absolute Gasteiger partial charge is 0.486 e. The summed E-state index contributed by atoms with van der Waals surface area (Å²) in [4.78, 5) is 62.0. The summed E-state index contributed by atoms with van der Waals surface area (Å²) >= 11 is 0. The average molecular weight is 723 g/mol. The van der Waals surface area contributed by atoms with Gasteiger partial charge in [0.25, 0.3) is 0 Å². The number of benzene rings is 3. The molecule has 0 atom stereocenters. The summed E-state index contributed by atoms with van der Waals surface area (Å²) in [5.74, 6) is 0.552. The van der Waals surface area contributed by atoms with E-state index < -0.39 is 0 Å². The molecule has 3 aliphatic rings. The number of rotatable bonds is 11. The molecule has 3 aromatic carbocycles. The van der Waals surface area contributed by atoms with Crippen LogP contribution in [-0.4, -0.2) is 52.8 Å². The Labute approximate surface area is 313 Å². The van der Waals surface area contributed by atoms with Crippen molar-refractivity contribution in [2.45, 2.75) is 58.6 Å². The molecule has 2 aromatic heterocycles. The van der Waals surface area contributed by atoms with Crippen LogP contribution in [0.15, 0.2) is 91.1 Å². The smallest absolute Gasteiger partial charge is 0.244 e. The number of nitrogens with zero attached hydrogens (tertiary/aromatic N) is 5. The maximum Gasteiger partial charge on any atom is 0.244 e. The van der Waals surface area contributed by atoms with Gasteiger partial charge in [0.15, 0.2) is 0 Å². The van der Waals surface area contributed by atoms with Gasteiger partial charge in [-0.25, -0.2) is 4.98 Å². The highest BCUT2D eigenvalue weighted by Gasteiger charge is 2.33. The van der Waals surface area contributed by atoms with E-state index in [2.05, 4.69) is 5.32 Å². The van der Waals surface area contributed by atoms with Crippen molar-refractivity contribution in [3.05, 3.63) is 114 Å². The van der Waals surface area contributed by atoms with Crippen molar-refractivity contribution in [2.75, 3.05) is 34.3 Å². The molecule has 3 saturated heterocycles. The number of aryl methyl sites for hydroxylation is 1. The predicted octanol–water partition coefficient (Wildman–Crippen LogP) is 6.62. The van der Waals surface area contributed by atoms with Crippen LogP contribution in [0.4, 0.5) is 17.1 Å². The summed E-state index contributed by atoms with van der Waals surface area (Å²) in [6.45, 7) is 4.14. The first kappa shape index (κ1) is 34.8. The first-order valence-corrected chi connectivity index (χ1v) is 18.6. The lowest BCUT2D eigenvalue weighted by molar-refractivity contribution is -0.117. The normalized spacial score (nSPS) is 16.1. The van der Waals surface area contributed by atoms with Crippen molar-refractivity contribution < 1.29 is 23.9 Å². The maximum absolute atomic E-state index is 13.5. The number of hydrogen-bond acceptors (Lipinski definition) is 6. The zero-order valence-corrected chi connectivity index (χ0v) is 30.3. The van der Waals surface area contributed by atoms with Gasteiger partial charge in [-0.05, 0) is 86.4 Å². The lowest BCUT2D eigenvalue weighted by atomic mass is 10.1. The Hall–Kier alpha value is -6.23. The molecule has 274 valence electrons. The summed E-state index contributed by atoms with van der Waals surface area (Å²) in [5, 5.41) is 3.96. The number of amides is 4. The summed E-state index contributed by atoms with van der Waals surface area (Å²) in [5.41, 5.74) is 7.08. The number of nitrogens with one attached hydrogen (secondary N) is 1. The summed E-state index contributed by atoms with van der Waals surface area (Å²) in [6, 6.07) is 25.2. The summed E-state index contributed by atoms with van der Waals surface area (Å²) in [7, 11) is 0. The number of carbonyl (C=O) groups is 4. The molecule has 0 spiro atoms. The van der Waals surface area contributed by atoms with Gasteiger partial charge in [-0.1, -0.05) is 30.3 Å². The fourth-order valence-corrected chi connectivity index (χ4v) is 7.67. The second-order valence-corrected chi connectivity index (χ2v) is 14.0. The fourth-order valence-electron chi connectivity index (χ4n) is 7.67. The number of aromatic nitrogens is 2. The molecular weight excluding hydrogens is 681 g/mol. The molecule has 5 heterocycles. The number of ether oxygens (including phenoxy) is 1. The molecule has 11 heteroatoms. The minimum atomic E-state index is -0.257. The van der Waals surface area contributed by atoms with E-state index in [9.17, 15) is 19.2 Å². The van der Waals surface area contributed by atoms with Crippen LogP contribution in [0.2, 0.25) is 0 Å². The number of anilines is 3. The fraction of sp³-hybridized carbons (Fsp3) is 0.279. The van der Waals surface area contributed by atoms with Gasteiger partial charge in [-0.3, -0.25) is 19.2 Å². The molecule has 11 nitrogen and oxygen atoms in total. The molecule has 0 saturated carbocycles. The Balaban J connectivity index is 1.09. The van der Waals surface area contributed by atoms with Gasteiger partial charge in [0.05, 0.1) is 23.6 Å². The van der Waals surface area contributed by atoms with Crippen molar-refractivity contribution in [1.29, 1.82) is 0 Å². The van der Waals surface area contributed by atoms with Crippen molar-refractivity contribution in [2.24, 2.45) is 0 Å². The number of pyridine rings is 1. The molecule has 1 N–H and O–H groups in total. The first-order chi connectivity index (χ1) is 26.3. The zero-order valence-electron chi connectivity index (χ0n) is 30.3. The zero-order chi connectivity index (χ0) is 37.2. The molecule has 3 aliphatic heterocycles. The van der Waals surface area contributed by atoms with Crippen LogP contribution in [0, 0.1) is 6.92 Å². The molecule has 3 fully saturated rings. The number of fused-ring (bicyclic) bond motifs is 1. The van der Waals surface area contributed by atoms with E-state index in [1.807, 2.05) is 101 Å². The summed E-state index contributed by atoms with van der Waals surface area (Å²) in [6.07, 6.45) is 8.98. The minimum absolute atomic E-state index is 0.0112. The molecule has 8 rings (SSSR count). The molecule has 54 heavy (non-hydrogen) atoms. The molecule has 0 radical (unpaired) electrons. The molecule has 5 aromatic rings. The molecule has 4 amide bonds. The highest BCUT2D eigenvalue weighted by Crippen LogP contribution is 2.41. The second kappa shape index (κ2) is 15.0. The van der Waals surface area contributed by atoms with Gasteiger partial charge in [0, 0.05) is 79.2 Å². The number of carbonyl (C=O) groups excluding carboxylic acids is 4. The Kier molecular flexibility index (Phi) is 9.69. The third-order valence-corrected chi connectivity index (χ3v) is 10.4. The Morgan fingerprint density at radius 3 is 2.20 bits per heavy atom. The Morgan fingerprint density at radius 2 is 1.48 bits per heavy atom. The lowest BCUT2D eigenvalue weighted by Gasteiger charge is -2.29. The van der Waals surface area contributed by atoms with Gasteiger partial charge >= 0.3 is 0 Å². The highest BCUT2D eigenvalue weighted by atomic mass is 16.5. The van der Waals surface area contributed by atoms with Gasteiger partial charge in [-0.15, -0.1) is 0 Å². The molecular formula is C43H42N6O5. The lowest BCUT2D eigenvalue weighted by Crippen LogP contribution is -2.30. The maximum atomic E-state index is 13.5. The van der Waals surface area contributed by atoms with Gasteiger partial charge in [0.1, 0.15) is 17.9 Å². The van der Waals surface area contributed by atoms with Crippen molar-refractivity contribution in [3.8, 4) is 11.4 Å². The van der Waals surface area contributed by atoms with Gasteiger partial charge in [-0.2, -0.15) is 0 Å². The van der Waals surface area contributed by atoms with E-state index in [1.54, 1.807) is 15.9 Å². The summed E-state index contributed by atoms with van der Waals surface area (Å²) < 4.78 is 8.57. The third kappa shape index (κ3) is 6.96. The van der Waals surface area contributed by atoms with E-state index in [0.29, 0.717) is 43.8 Å². The van der Waals surface area contributed by atoms with Crippen molar-refractivity contribution >= 4 is 57.7 Å². The van der Waals surface area contributed by atoms with Crippen molar-refractivity contribution in [1.82, 2.24) is 14.9 Å². The Morgan fingerprint density at radius 1 is 0.778 bits per heavy atom. The standard InChI is InChI=1S/C43H42N6O5/c1-29-13-17-31-7-2-9-37(42(31)45-29)54-28-34-35(48-25-5-11-40(48)52)20-21-36(43(34)49-26-6-12-41(49)53)46-23-3-8-33(46)27-44-38(50)22-16-30-14-18-32(19-15-30)47-24-4-10-39(47)51/h2-3,7-9,13-23H,4-6,10-12,24-28H2,1H3,(H,44,50)/b22-16+. The van der Waals surface area contributed by atoms with Gasteiger partial charge in [0.2, 0.25) is 23.6 Å². The van der Waals surface area contributed by atoms with Crippen LogP contribution in [-0.2, 0) is 32.3 Å². The Bertz CT molecular complexity index is 2290. The highest BCUT2D eigenvalue weighted by molar-refractivity contribution is 6.02. The van der Waals surface area contributed by atoms with E-state index >= 15 is 0 Å². The minimum Gasteiger partial charge on any atom is -0.486 e. The van der Waals surface area contributed by atoms with E-state index in [0.717, 1.165) is 76.3 Å².